The van der Waals surface area contributed by atoms with Gasteiger partial charge in [0, 0.05) is 5.69 Å². The van der Waals surface area contributed by atoms with Crippen LogP contribution in [0.4, 0.5) is 5.69 Å². The lowest BCUT2D eigenvalue weighted by molar-refractivity contribution is -0.119. The Morgan fingerprint density at radius 1 is 0.867 bits per heavy atom. The number of para-hydroxylation sites is 1. The van der Waals surface area contributed by atoms with Crippen LogP contribution in [0.3, 0.4) is 0 Å². The summed E-state index contributed by atoms with van der Waals surface area (Å²) in [5.74, 6) is 0.146. The maximum Gasteiger partial charge on any atom is 0.338 e. The van der Waals surface area contributed by atoms with Gasteiger partial charge >= 0.3 is 5.97 Å². The quantitative estimate of drug-likeness (QED) is 0.553. The first-order valence-electron chi connectivity index (χ1n) is 10.1. The van der Waals surface area contributed by atoms with Gasteiger partial charge in [0.15, 0.2) is 18.1 Å². The van der Waals surface area contributed by atoms with Gasteiger partial charge < -0.3 is 24.3 Å². The second kappa shape index (κ2) is 11.7. The number of ether oxygens (including phenoxy) is 4. The summed E-state index contributed by atoms with van der Waals surface area (Å²) in [6, 6.07) is 10.6. The summed E-state index contributed by atoms with van der Waals surface area (Å²) in [7, 11) is 0. The van der Waals surface area contributed by atoms with Gasteiger partial charge in [-0.05, 0) is 51.0 Å². The van der Waals surface area contributed by atoms with Crippen molar-refractivity contribution in [2.75, 3.05) is 31.7 Å². The lowest BCUT2D eigenvalue weighted by Crippen LogP contribution is -2.21. The summed E-state index contributed by atoms with van der Waals surface area (Å²) < 4.78 is 22.0. The molecule has 1 amide bonds. The molecular formula is C23H29NO6. The average molecular weight is 415 g/mol. The SMILES string of the molecule is CCOc1cc(C(=O)OCC(=O)Nc2ccccc2CC)cc(OCC)c1OCC. The molecule has 162 valence electrons. The van der Waals surface area contributed by atoms with Gasteiger partial charge in [-0.1, -0.05) is 25.1 Å². The highest BCUT2D eigenvalue weighted by Crippen LogP contribution is 2.39. The second-order valence-electron chi connectivity index (χ2n) is 6.24. The third kappa shape index (κ3) is 6.14. The highest BCUT2D eigenvalue weighted by molar-refractivity contribution is 5.96. The predicted octanol–water partition coefficient (Wildman–Crippen LogP) is 4.24. The number of aryl methyl sites for hydroxylation is 1. The van der Waals surface area contributed by atoms with E-state index in [4.69, 9.17) is 18.9 Å². The van der Waals surface area contributed by atoms with Gasteiger partial charge in [0.2, 0.25) is 5.75 Å². The molecule has 0 saturated heterocycles. The fraction of sp³-hybridized carbons (Fsp3) is 0.391. The molecule has 0 aliphatic heterocycles. The number of carbonyl (C=O) groups is 2. The highest BCUT2D eigenvalue weighted by Gasteiger charge is 2.20. The lowest BCUT2D eigenvalue weighted by atomic mass is 10.1. The molecule has 7 heteroatoms. The molecule has 7 nitrogen and oxygen atoms in total. The van der Waals surface area contributed by atoms with E-state index < -0.39 is 18.5 Å². The third-order valence-corrected chi connectivity index (χ3v) is 4.15. The van der Waals surface area contributed by atoms with E-state index >= 15 is 0 Å². The van der Waals surface area contributed by atoms with Crippen molar-refractivity contribution in [3.8, 4) is 17.2 Å². The lowest BCUT2D eigenvalue weighted by Gasteiger charge is -2.17. The standard InChI is InChI=1S/C23H29NO6/c1-5-16-11-9-10-12-18(16)24-21(25)15-30-23(26)17-13-19(27-6-2)22(29-8-4)20(14-17)28-7-3/h9-14H,5-8,15H2,1-4H3,(H,24,25). The predicted molar refractivity (Wildman–Crippen MR) is 115 cm³/mol. The minimum absolute atomic E-state index is 0.215. The van der Waals surface area contributed by atoms with Crippen LogP contribution in [0.5, 0.6) is 17.2 Å². The van der Waals surface area contributed by atoms with Crippen molar-refractivity contribution in [2.45, 2.75) is 34.1 Å². The number of nitrogens with one attached hydrogen (secondary N) is 1. The summed E-state index contributed by atoms with van der Waals surface area (Å²) in [6.07, 6.45) is 0.781. The number of anilines is 1. The first-order valence-corrected chi connectivity index (χ1v) is 10.1. The molecule has 0 aliphatic carbocycles. The highest BCUT2D eigenvalue weighted by atomic mass is 16.5. The smallest absolute Gasteiger partial charge is 0.338 e. The number of esters is 1. The normalized spacial score (nSPS) is 10.3. The molecule has 0 spiro atoms. The number of rotatable bonds is 11. The molecule has 0 saturated carbocycles. The Balaban J connectivity index is 2.12. The van der Waals surface area contributed by atoms with E-state index in [2.05, 4.69) is 5.32 Å². The number of benzene rings is 2. The minimum Gasteiger partial charge on any atom is -0.490 e. The van der Waals surface area contributed by atoms with E-state index in [1.165, 1.54) is 12.1 Å². The summed E-state index contributed by atoms with van der Waals surface area (Å²) in [4.78, 5) is 24.8. The average Bonchev–Trinajstić information content (AvgIpc) is 2.74. The number of hydrogen-bond acceptors (Lipinski definition) is 6. The van der Waals surface area contributed by atoms with Crippen molar-refractivity contribution < 1.29 is 28.5 Å². The van der Waals surface area contributed by atoms with Gasteiger partial charge in [-0.15, -0.1) is 0 Å². The zero-order valence-electron chi connectivity index (χ0n) is 17.9. The molecule has 0 unspecified atom stereocenters. The van der Waals surface area contributed by atoms with E-state index in [1.54, 1.807) is 0 Å². The van der Waals surface area contributed by atoms with E-state index in [9.17, 15) is 9.59 Å². The molecule has 2 aromatic carbocycles. The Labute approximate surface area is 177 Å². The molecule has 2 rings (SSSR count). The van der Waals surface area contributed by atoms with Crippen molar-refractivity contribution in [3.63, 3.8) is 0 Å². The molecule has 1 N–H and O–H groups in total. The maximum atomic E-state index is 12.6. The van der Waals surface area contributed by atoms with Crippen molar-refractivity contribution in [2.24, 2.45) is 0 Å². The Morgan fingerprint density at radius 3 is 2.03 bits per heavy atom. The summed E-state index contributed by atoms with van der Waals surface area (Å²) in [5.41, 5.74) is 1.93. The molecule has 0 fully saturated rings. The van der Waals surface area contributed by atoms with Crippen LogP contribution >= 0.6 is 0 Å². The number of hydrogen-bond donors (Lipinski definition) is 1. The van der Waals surface area contributed by atoms with Crippen LogP contribution in [-0.4, -0.2) is 38.3 Å². The largest absolute Gasteiger partial charge is 0.490 e. The van der Waals surface area contributed by atoms with Crippen LogP contribution in [0.25, 0.3) is 0 Å². The molecule has 0 radical (unpaired) electrons. The van der Waals surface area contributed by atoms with E-state index in [0.29, 0.717) is 42.8 Å². The van der Waals surface area contributed by atoms with Crippen LogP contribution in [-0.2, 0) is 16.0 Å². The summed E-state index contributed by atoms with van der Waals surface area (Å²) in [5, 5.41) is 2.77. The minimum atomic E-state index is -0.654. The van der Waals surface area contributed by atoms with Crippen LogP contribution in [0.15, 0.2) is 36.4 Å². The van der Waals surface area contributed by atoms with Gasteiger partial charge in [0.05, 0.1) is 25.4 Å². The Bertz CT molecular complexity index is 838. The number of carbonyl (C=O) groups excluding carboxylic acids is 2. The van der Waals surface area contributed by atoms with Gasteiger partial charge in [0.25, 0.3) is 5.91 Å². The van der Waals surface area contributed by atoms with Gasteiger partial charge in [-0.3, -0.25) is 4.79 Å². The molecule has 0 atom stereocenters. The maximum absolute atomic E-state index is 12.6. The fourth-order valence-electron chi connectivity index (χ4n) is 2.86. The van der Waals surface area contributed by atoms with Crippen molar-refractivity contribution >= 4 is 17.6 Å². The first-order chi connectivity index (χ1) is 14.5. The Hall–Kier alpha value is -3.22. The molecule has 0 bridgehead atoms. The second-order valence-corrected chi connectivity index (χ2v) is 6.24. The van der Waals surface area contributed by atoms with Gasteiger partial charge in [-0.2, -0.15) is 0 Å². The van der Waals surface area contributed by atoms with Crippen molar-refractivity contribution in [1.82, 2.24) is 0 Å². The Morgan fingerprint density at radius 2 is 1.47 bits per heavy atom. The summed E-state index contributed by atoms with van der Waals surface area (Å²) >= 11 is 0. The van der Waals surface area contributed by atoms with E-state index in [-0.39, 0.29) is 5.56 Å². The molecule has 0 heterocycles. The van der Waals surface area contributed by atoms with Crippen LogP contribution in [0.2, 0.25) is 0 Å². The van der Waals surface area contributed by atoms with Crippen molar-refractivity contribution in [1.29, 1.82) is 0 Å². The monoisotopic (exact) mass is 415 g/mol. The third-order valence-electron chi connectivity index (χ3n) is 4.15. The molecule has 2 aromatic rings. The van der Waals surface area contributed by atoms with Crippen LogP contribution in [0, 0.1) is 0 Å². The molecule has 30 heavy (non-hydrogen) atoms. The van der Waals surface area contributed by atoms with E-state index in [0.717, 1.165) is 12.0 Å². The zero-order chi connectivity index (χ0) is 21.9. The number of amides is 1. The zero-order valence-corrected chi connectivity index (χ0v) is 17.9. The van der Waals surface area contributed by atoms with Gasteiger partial charge in [-0.25, -0.2) is 4.79 Å². The Kier molecular flexibility index (Phi) is 9.00. The first kappa shape index (κ1) is 23.1. The van der Waals surface area contributed by atoms with Crippen molar-refractivity contribution in [3.05, 3.63) is 47.5 Å². The molecular weight excluding hydrogens is 386 g/mol. The van der Waals surface area contributed by atoms with Crippen LogP contribution < -0.4 is 19.5 Å². The van der Waals surface area contributed by atoms with Gasteiger partial charge in [0.1, 0.15) is 0 Å². The molecule has 0 aliphatic rings. The van der Waals surface area contributed by atoms with E-state index in [1.807, 2.05) is 52.0 Å². The van der Waals surface area contributed by atoms with Crippen LogP contribution in [0.1, 0.15) is 43.6 Å². The fourth-order valence-corrected chi connectivity index (χ4v) is 2.86. The summed E-state index contributed by atoms with van der Waals surface area (Å²) in [6.45, 7) is 8.32. The molecule has 0 aromatic heterocycles. The topological polar surface area (TPSA) is 83.1 Å².